The molecule has 1 amide bonds. The Bertz CT molecular complexity index is 766. The molecule has 2 rings (SSSR count). The van der Waals surface area contributed by atoms with E-state index in [4.69, 9.17) is 9.47 Å². The highest BCUT2D eigenvalue weighted by molar-refractivity contribution is 9.10. The van der Waals surface area contributed by atoms with Gasteiger partial charge in [-0.25, -0.2) is 9.18 Å². The highest BCUT2D eigenvalue weighted by atomic mass is 79.9. The van der Waals surface area contributed by atoms with Gasteiger partial charge in [-0.3, -0.25) is 4.79 Å². The van der Waals surface area contributed by atoms with E-state index in [1.165, 1.54) is 12.1 Å². The molecular weight excluding hydrogens is 393 g/mol. The first-order chi connectivity index (χ1) is 12.0. The lowest BCUT2D eigenvalue weighted by molar-refractivity contribution is -0.149. The van der Waals surface area contributed by atoms with E-state index in [1.807, 2.05) is 25.1 Å². The summed E-state index contributed by atoms with van der Waals surface area (Å²) in [6.45, 7) is 1.08. The van der Waals surface area contributed by atoms with E-state index in [1.54, 1.807) is 12.1 Å². The second kappa shape index (κ2) is 9.17. The van der Waals surface area contributed by atoms with Crippen molar-refractivity contribution in [2.75, 3.05) is 18.5 Å². The number of hydrogen-bond acceptors (Lipinski definition) is 4. The molecule has 2 aromatic carbocycles. The average molecular weight is 410 g/mol. The molecule has 1 N–H and O–H groups in total. The van der Waals surface area contributed by atoms with Gasteiger partial charge in [0.1, 0.15) is 0 Å². The molecule has 0 heterocycles. The molecule has 7 heteroatoms. The monoisotopic (exact) mass is 409 g/mol. The van der Waals surface area contributed by atoms with Crippen molar-refractivity contribution < 1.29 is 23.5 Å². The van der Waals surface area contributed by atoms with Gasteiger partial charge in [0, 0.05) is 10.2 Å². The van der Waals surface area contributed by atoms with Crippen molar-refractivity contribution in [1.82, 2.24) is 0 Å². The summed E-state index contributed by atoms with van der Waals surface area (Å²) in [7, 11) is 0. The third-order valence-electron chi connectivity index (χ3n) is 3.22. The van der Waals surface area contributed by atoms with Crippen LogP contribution in [0.4, 0.5) is 10.1 Å². The number of ether oxygens (including phenoxy) is 2. The minimum absolute atomic E-state index is 0.0685. The Kier molecular flexibility index (Phi) is 6.94. The summed E-state index contributed by atoms with van der Waals surface area (Å²) in [6.07, 6.45) is 0.850. The first-order valence-electron chi connectivity index (χ1n) is 7.60. The number of esters is 1. The number of benzene rings is 2. The summed E-state index contributed by atoms with van der Waals surface area (Å²) in [5, 5.41) is 2.64. The third-order valence-corrected chi connectivity index (χ3v) is 3.72. The quantitative estimate of drug-likeness (QED) is 0.707. The van der Waals surface area contributed by atoms with Crippen molar-refractivity contribution in [3.63, 3.8) is 0 Å². The van der Waals surface area contributed by atoms with Crippen LogP contribution in [0.5, 0.6) is 5.75 Å². The van der Waals surface area contributed by atoms with Crippen LogP contribution in [0.15, 0.2) is 46.9 Å². The number of hydrogen-bond donors (Lipinski definition) is 1. The first kappa shape index (κ1) is 18.9. The minimum atomic E-state index is -0.764. The first-order valence-corrected chi connectivity index (χ1v) is 8.39. The molecule has 0 unspecified atom stereocenters. The number of aryl methyl sites for hydroxylation is 1. The van der Waals surface area contributed by atoms with Crippen LogP contribution in [0.25, 0.3) is 0 Å². The standard InChI is InChI=1S/C18H17BrFNO4/c1-2-12-4-3-5-14(8-12)21-17(22)10-25-18(23)11-24-16-7-6-13(19)9-15(16)20/h3-9H,2,10-11H2,1H3,(H,21,22). The molecule has 0 saturated heterocycles. The van der Waals surface area contributed by atoms with Crippen LogP contribution in [0, 0.1) is 5.82 Å². The van der Waals surface area contributed by atoms with E-state index >= 15 is 0 Å². The van der Waals surface area contributed by atoms with Crippen molar-refractivity contribution in [3.8, 4) is 5.75 Å². The van der Waals surface area contributed by atoms with Gasteiger partial charge in [-0.1, -0.05) is 35.0 Å². The van der Waals surface area contributed by atoms with Crippen molar-refractivity contribution >= 4 is 33.5 Å². The van der Waals surface area contributed by atoms with Crippen LogP contribution in [0.3, 0.4) is 0 Å². The van der Waals surface area contributed by atoms with Crippen LogP contribution in [-0.2, 0) is 20.7 Å². The van der Waals surface area contributed by atoms with E-state index in [2.05, 4.69) is 21.2 Å². The Morgan fingerprint density at radius 3 is 2.68 bits per heavy atom. The lowest BCUT2D eigenvalue weighted by atomic mass is 10.1. The van der Waals surface area contributed by atoms with Gasteiger partial charge in [-0.2, -0.15) is 0 Å². The number of halogens is 2. The number of anilines is 1. The zero-order chi connectivity index (χ0) is 18.2. The van der Waals surface area contributed by atoms with E-state index in [0.717, 1.165) is 12.0 Å². The van der Waals surface area contributed by atoms with Gasteiger partial charge in [-0.05, 0) is 42.3 Å². The topological polar surface area (TPSA) is 64.6 Å². The zero-order valence-electron chi connectivity index (χ0n) is 13.6. The predicted octanol–water partition coefficient (Wildman–Crippen LogP) is 3.71. The minimum Gasteiger partial charge on any atom is -0.479 e. The van der Waals surface area contributed by atoms with Gasteiger partial charge in [0.15, 0.2) is 24.8 Å². The molecule has 0 aliphatic heterocycles. The molecule has 0 radical (unpaired) electrons. The third kappa shape index (κ3) is 6.19. The summed E-state index contributed by atoms with van der Waals surface area (Å²) < 4.78 is 23.9. The van der Waals surface area contributed by atoms with Gasteiger partial charge in [0.05, 0.1) is 0 Å². The molecule has 0 fully saturated rings. The molecule has 0 saturated carbocycles. The van der Waals surface area contributed by atoms with E-state index in [-0.39, 0.29) is 5.75 Å². The highest BCUT2D eigenvalue weighted by Gasteiger charge is 2.11. The molecule has 0 aliphatic carbocycles. The van der Waals surface area contributed by atoms with Crippen LogP contribution in [0.2, 0.25) is 0 Å². The van der Waals surface area contributed by atoms with Crippen LogP contribution in [0.1, 0.15) is 12.5 Å². The summed E-state index contributed by atoms with van der Waals surface area (Å²) in [6, 6.07) is 11.6. The normalized spacial score (nSPS) is 10.2. The van der Waals surface area contributed by atoms with Crippen molar-refractivity contribution in [2.24, 2.45) is 0 Å². The zero-order valence-corrected chi connectivity index (χ0v) is 15.1. The van der Waals surface area contributed by atoms with Crippen molar-refractivity contribution in [1.29, 1.82) is 0 Å². The van der Waals surface area contributed by atoms with Gasteiger partial charge >= 0.3 is 5.97 Å². The fourth-order valence-electron chi connectivity index (χ4n) is 1.98. The summed E-state index contributed by atoms with van der Waals surface area (Å²) in [5.74, 6) is -1.90. The fourth-order valence-corrected chi connectivity index (χ4v) is 2.32. The van der Waals surface area contributed by atoms with Crippen molar-refractivity contribution in [3.05, 3.63) is 58.3 Å². The van der Waals surface area contributed by atoms with Gasteiger partial charge < -0.3 is 14.8 Å². The SMILES string of the molecule is CCc1cccc(NC(=O)COC(=O)COc2ccc(Br)cc2F)c1. The Morgan fingerprint density at radius 2 is 1.96 bits per heavy atom. The lowest BCUT2D eigenvalue weighted by Crippen LogP contribution is -2.23. The second-order valence-electron chi connectivity index (χ2n) is 5.13. The maximum Gasteiger partial charge on any atom is 0.344 e. The molecule has 0 spiro atoms. The second-order valence-corrected chi connectivity index (χ2v) is 6.04. The molecule has 0 atom stereocenters. The fraction of sp³-hybridized carbons (Fsp3) is 0.222. The molecular formula is C18H17BrFNO4. The Morgan fingerprint density at radius 1 is 1.16 bits per heavy atom. The van der Waals surface area contributed by atoms with E-state index in [9.17, 15) is 14.0 Å². The number of nitrogens with one attached hydrogen (secondary N) is 1. The van der Waals surface area contributed by atoms with Crippen molar-refractivity contribution in [2.45, 2.75) is 13.3 Å². The van der Waals surface area contributed by atoms with Crippen LogP contribution >= 0.6 is 15.9 Å². The maximum absolute atomic E-state index is 13.5. The number of carbonyl (C=O) groups excluding carboxylic acids is 2. The molecule has 0 aliphatic rings. The number of amides is 1. The van der Waals surface area contributed by atoms with Crippen LogP contribution < -0.4 is 10.1 Å². The van der Waals surface area contributed by atoms with E-state index < -0.39 is 30.9 Å². The predicted molar refractivity (Wildman–Crippen MR) is 95.0 cm³/mol. The summed E-state index contributed by atoms with van der Waals surface area (Å²) in [5.41, 5.74) is 1.72. The highest BCUT2D eigenvalue weighted by Crippen LogP contribution is 2.21. The van der Waals surface area contributed by atoms with E-state index in [0.29, 0.717) is 10.2 Å². The average Bonchev–Trinajstić information content (AvgIpc) is 2.59. The lowest BCUT2D eigenvalue weighted by Gasteiger charge is -2.09. The Balaban J connectivity index is 1.76. The Labute approximate surface area is 153 Å². The molecule has 132 valence electrons. The summed E-state index contributed by atoms with van der Waals surface area (Å²) >= 11 is 3.12. The molecule has 0 aromatic heterocycles. The van der Waals surface area contributed by atoms with Gasteiger partial charge in [-0.15, -0.1) is 0 Å². The maximum atomic E-state index is 13.5. The largest absolute Gasteiger partial charge is 0.479 e. The van der Waals surface area contributed by atoms with Crippen LogP contribution in [-0.4, -0.2) is 25.1 Å². The molecule has 2 aromatic rings. The summed E-state index contributed by atoms with van der Waals surface area (Å²) in [4.78, 5) is 23.4. The van der Waals surface area contributed by atoms with Gasteiger partial charge in [0.25, 0.3) is 5.91 Å². The number of carbonyl (C=O) groups is 2. The molecule has 0 bridgehead atoms. The van der Waals surface area contributed by atoms with Gasteiger partial charge in [0.2, 0.25) is 0 Å². The molecule has 25 heavy (non-hydrogen) atoms. The number of rotatable bonds is 7. The molecule has 5 nitrogen and oxygen atoms in total. The Hall–Kier alpha value is -2.41. The smallest absolute Gasteiger partial charge is 0.344 e.